The van der Waals surface area contributed by atoms with Gasteiger partial charge in [-0.05, 0) is 52.5 Å². The lowest BCUT2D eigenvalue weighted by molar-refractivity contribution is 0.414. The fourth-order valence-corrected chi connectivity index (χ4v) is 4.72. The van der Waals surface area contributed by atoms with Gasteiger partial charge in [-0.15, -0.1) is 0 Å². The molecule has 0 aliphatic heterocycles. The first-order valence-corrected chi connectivity index (χ1v) is 11.2. The molecular weight excluding hydrogens is 363 g/mol. The molecule has 0 N–H and O–H groups in total. The molecule has 0 heterocycles. The van der Waals surface area contributed by atoms with Crippen molar-refractivity contribution in [2.24, 2.45) is 0 Å². The number of ether oxygens (including phenoxy) is 1. The molecule has 0 saturated heterocycles. The van der Waals surface area contributed by atoms with E-state index in [4.69, 9.17) is 4.74 Å². The predicted octanol–water partition coefficient (Wildman–Crippen LogP) is 5.18. The summed E-state index contributed by atoms with van der Waals surface area (Å²) in [5, 5.41) is 1.96. The number of halogens is 1. The van der Waals surface area contributed by atoms with Crippen molar-refractivity contribution in [3.8, 4) is 5.75 Å². The van der Waals surface area contributed by atoms with Crippen LogP contribution < -0.4 is 4.74 Å². The average Bonchev–Trinajstić information content (AvgIpc) is 2.60. The van der Waals surface area contributed by atoms with Crippen molar-refractivity contribution < 1.29 is 13.7 Å². The van der Waals surface area contributed by atoms with Crippen molar-refractivity contribution in [3.05, 3.63) is 77.0 Å². The Balaban J connectivity index is 1.62. The van der Waals surface area contributed by atoms with Crippen molar-refractivity contribution in [2.45, 2.75) is 11.5 Å². The zero-order valence-electron chi connectivity index (χ0n) is 13.3. The van der Waals surface area contributed by atoms with Gasteiger partial charge in [0, 0.05) is 11.3 Å². The molecule has 128 valence electrons. The molecule has 1 atom stereocenters. The van der Waals surface area contributed by atoms with Crippen LogP contribution in [0.4, 0.5) is 4.39 Å². The molecule has 2 rings (SSSR count). The normalized spacial score (nSPS) is 12.5. The zero-order valence-corrected chi connectivity index (χ0v) is 15.8. The van der Waals surface area contributed by atoms with E-state index in [0.29, 0.717) is 11.5 Å². The number of benzene rings is 2. The first-order chi connectivity index (χ1) is 11.7. The second-order valence-electron chi connectivity index (χ2n) is 4.96. The highest BCUT2D eigenvalue weighted by molar-refractivity contribution is 8.77. The number of rotatable bonds is 9. The van der Waals surface area contributed by atoms with Gasteiger partial charge in [-0.25, -0.2) is 4.39 Å². The lowest BCUT2D eigenvalue weighted by Crippen LogP contribution is -2.07. The highest BCUT2D eigenvalue weighted by atomic mass is 33.1. The highest BCUT2D eigenvalue weighted by Crippen LogP contribution is 2.27. The minimum Gasteiger partial charge on any atom is -0.616 e. The minimum absolute atomic E-state index is 0.212. The number of hydrogen-bond donors (Lipinski definition) is 0. The van der Waals surface area contributed by atoms with Gasteiger partial charge in [0.2, 0.25) is 0 Å². The fraction of sp³-hybridized carbons (Fsp3) is 0.222. The molecule has 0 amide bonds. The van der Waals surface area contributed by atoms with Gasteiger partial charge in [0.1, 0.15) is 23.1 Å². The summed E-state index contributed by atoms with van der Waals surface area (Å²) < 4.78 is 29.9. The SMILES string of the molecule is COc1ccc(C[S+]([O-])C/C=C/SSCc2ccc(F)cc2)cc1. The topological polar surface area (TPSA) is 32.3 Å². The maximum absolute atomic E-state index is 12.8. The molecule has 1 unspecified atom stereocenters. The quantitative estimate of drug-likeness (QED) is 0.340. The lowest BCUT2D eigenvalue weighted by atomic mass is 10.2. The van der Waals surface area contributed by atoms with Crippen LogP contribution in [0.25, 0.3) is 0 Å². The first-order valence-electron chi connectivity index (χ1n) is 7.33. The van der Waals surface area contributed by atoms with Crippen LogP contribution in [0, 0.1) is 5.82 Å². The monoisotopic (exact) mass is 382 g/mol. The van der Waals surface area contributed by atoms with Crippen molar-refractivity contribution in [3.63, 3.8) is 0 Å². The molecule has 0 spiro atoms. The van der Waals surface area contributed by atoms with Gasteiger partial charge in [-0.1, -0.05) is 45.9 Å². The van der Waals surface area contributed by atoms with Crippen molar-refractivity contribution >= 4 is 32.8 Å². The molecule has 0 radical (unpaired) electrons. The molecule has 2 aromatic rings. The first kappa shape index (κ1) is 19.2. The molecule has 2 aromatic carbocycles. The van der Waals surface area contributed by atoms with E-state index in [1.807, 2.05) is 35.7 Å². The summed E-state index contributed by atoms with van der Waals surface area (Å²) in [5.74, 6) is 2.48. The van der Waals surface area contributed by atoms with Gasteiger partial charge in [0.05, 0.1) is 7.11 Å². The fourth-order valence-electron chi connectivity index (χ4n) is 1.87. The Morgan fingerprint density at radius 1 is 1.08 bits per heavy atom. The van der Waals surface area contributed by atoms with Crippen LogP contribution in [0.2, 0.25) is 0 Å². The largest absolute Gasteiger partial charge is 0.616 e. The molecule has 0 bridgehead atoms. The Morgan fingerprint density at radius 3 is 2.42 bits per heavy atom. The summed E-state index contributed by atoms with van der Waals surface area (Å²) in [6.07, 6.45) is 1.93. The van der Waals surface area contributed by atoms with Crippen molar-refractivity contribution in [2.75, 3.05) is 12.9 Å². The average molecular weight is 383 g/mol. The molecule has 0 saturated carbocycles. The third kappa shape index (κ3) is 7.21. The van der Waals surface area contributed by atoms with Crippen LogP contribution in [0.3, 0.4) is 0 Å². The second kappa shape index (κ2) is 10.7. The molecule has 0 fully saturated rings. The van der Waals surface area contributed by atoms with Crippen molar-refractivity contribution in [1.29, 1.82) is 0 Å². The molecular formula is C18H19FO2S3. The van der Waals surface area contributed by atoms with E-state index in [1.54, 1.807) is 40.8 Å². The van der Waals surface area contributed by atoms with Crippen molar-refractivity contribution in [1.82, 2.24) is 0 Å². The van der Waals surface area contributed by atoms with E-state index < -0.39 is 11.2 Å². The van der Waals surface area contributed by atoms with Crippen LogP contribution in [-0.2, 0) is 22.7 Å². The number of methoxy groups -OCH3 is 1. The summed E-state index contributed by atoms with van der Waals surface area (Å²) in [7, 11) is 4.89. The minimum atomic E-state index is -0.915. The Labute approximate surface area is 153 Å². The standard InChI is InChI=1S/C18H19FO2S3/c1-21-18-9-5-16(6-10-18)14-24(20)12-2-11-22-23-13-15-3-7-17(19)8-4-15/h2-11H,12-14H2,1H3/b11-2+. The van der Waals surface area contributed by atoms with Gasteiger partial charge in [-0.2, -0.15) is 0 Å². The Kier molecular flexibility index (Phi) is 8.59. The molecule has 0 aliphatic rings. The van der Waals surface area contributed by atoms with Gasteiger partial charge in [0.15, 0.2) is 0 Å². The number of hydrogen-bond acceptors (Lipinski definition) is 4. The van der Waals surface area contributed by atoms with Gasteiger partial charge < -0.3 is 9.29 Å². The van der Waals surface area contributed by atoms with Crippen LogP contribution in [0.15, 0.2) is 60.0 Å². The Hall–Kier alpha value is -1.08. The molecule has 6 heteroatoms. The summed E-state index contributed by atoms with van der Waals surface area (Å²) in [6, 6.07) is 14.2. The van der Waals surface area contributed by atoms with Crippen LogP contribution in [0.5, 0.6) is 5.75 Å². The van der Waals surface area contributed by atoms with E-state index in [9.17, 15) is 8.94 Å². The predicted molar refractivity (Wildman–Crippen MR) is 104 cm³/mol. The maximum atomic E-state index is 12.8. The third-order valence-electron chi connectivity index (χ3n) is 3.13. The summed E-state index contributed by atoms with van der Waals surface area (Å²) in [4.78, 5) is 0. The van der Waals surface area contributed by atoms with E-state index in [0.717, 1.165) is 22.6 Å². The summed E-state index contributed by atoms with van der Waals surface area (Å²) >= 11 is -0.915. The zero-order chi connectivity index (χ0) is 17.2. The highest BCUT2D eigenvalue weighted by Gasteiger charge is 2.05. The van der Waals surface area contributed by atoms with Crippen LogP contribution >= 0.6 is 21.6 Å². The molecule has 2 nitrogen and oxygen atoms in total. The van der Waals surface area contributed by atoms with Gasteiger partial charge in [0.25, 0.3) is 0 Å². The molecule has 0 aliphatic carbocycles. The summed E-state index contributed by atoms with van der Waals surface area (Å²) in [6.45, 7) is 0. The van der Waals surface area contributed by atoms with Gasteiger partial charge >= 0.3 is 0 Å². The second-order valence-corrected chi connectivity index (χ2v) is 8.73. The van der Waals surface area contributed by atoms with Crippen LogP contribution in [0.1, 0.15) is 11.1 Å². The Bertz CT molecular complexity index is 630. The summed E-state index contributed by atoms with van der Waals surface area (Å²) in [5.41, 5.74) is 2.13. The molecule has 0 aromatic heterocycles. The van der Waals surface area contributed by atoms with Crippen LogP contribution in [-0.4, -0.2) is 17.4 Å². The van der Waals surface area contributed by atoms with E-state index in [2.05, 4.69) is 0 Å². The smallest absolute Gasteiger partial charge is 0.131 e. The maximum Gasteiger partial charge on any atom is 0.131 e. The van der Waals surface area contributed by atoms with E-state index in [-0.39, 0.29) is 5.82 Å². The lowest BCUT2D eigenvalue weighted by Gasteiger charge is -2.09. The third-order valence-corrected chi connectivity index (χ3v) is 6.33. The molecule has 24 heavy (non-hydrogen) atoms. The van der Waals surface area contributed by atoms with Gasteiger partial charge in [-0.3, -0.25) is 0 Å². The van der Waals surface area contributed by atoms with E-state index in [1.165, 1.54) is 12.1 Å². The van der Waals surface area contributed by atoms with E-state index >= 15 is 0 Å². The Morgan fingerprint density at radius 2 is 1.75 bits per heavy atom.